The molecule has 0 bridgehead atoms. The Hall–Kier alpha value is -1.78. The first kappa shape index (κ1) is 20.9. The molecule has 1 aromatic carbocycles. The number of amides is 2. The number of sulfone groups is 1. The van der Waals surface area contributed by atoms with Crippen molar-refractivity contribution in [3.05, 3.63) is 40.6 Å². The van der Waals surface area contributed by atoms with Gasteiger partial charge in [-0.05, 0) is 25.5 Å². The fraction of sp³-hybridized carbons (Fsp3) is 0.389. The molecule has 10 heteroatoms. The summed E-state index contributed by atoms with van der Waals surface area (Å²) in [7, 11) is -3.13. The maximum atomic E-state index is 13.8. The van der Waals surface area contributed by atoms with Gasteiger partial charge in [0, 0.05) is 18.2 Å². The second kappa shape index (κ2) is 8.30. The standard InChI is InChI=1S/C18H19FN2O4S3/c1-2-20(13-7-8-28(24,25)11-13)16(22)10-21-17(23)15(27-18(21)26)9-12-5-3-4-6-14(12)19/h3-6,9,13H,2,7-8,10-11H2,1H3/b15-9+/t13-/m1/s1. The van der Waals surface area contributed by atoms with Gasteiger partial charge >= 0.3 is 0 Å². The maximum absolute atomic E-state index is 13.8. The SMILES string of the molecule is CCN(C(=O)CN1C(=O)/C(=C\c2ccccc2F)SC1=S)[C@@H]1CCS(=O)(=O)C1. The van der Waals surface area contributed by atoms with Gasteiger partial charge in [-0.1, -0.05) is 42.2 Å². The number of hydrogen-bond donors (Lipinski definition) is 0. The van der Waals surface area contributed by atoms with Crippen LogP contribution in [0.15, 0.2) is 29.2 Å². The lowest BCUT2D eigenvalue weighted by Gasteiger charge is -2.28. The Kier molecular flexibility index (Phi) is 6.21. The van der Waals surface area contributed by atoms with Crippen molar-refractivity contribution in [1.29, 1.82) is 0 Å². The summed E-state index contributed by atoms with van der Waals surface area (Å²) in [5.41, 5.74) is 0.265. The Bertz CT molecular complexity index is 961. The van der Waals surface area contributed by atoms with Crippen LogP contribution in [-0.2, 0) is 19.4 Å². The van der Waals surface area contributed by atoms with Crippen LogP contribution in [0.1, 0.15) is 18.9 Å². The summed E-state index contributed by atoms with van der Waals surface area (Å²) in [6.45, 7) is 1.85. The van der Waals surface area contributed by atoms with Crippen molar-refractivity contribution in [2.45, 2.75) is 19.4 Å². The highest BCUT2D eigenvalue weighted by molar-refractivity contribution is 8.26. The van der Waals surface area contributed by atoms with E-state index in [0.29, 0.717) is 13.0 Å². The number of nitrogens with zero attached hydrogens (tertiary/aromatic N) is 2. The van der Waals surface area contributed by atoms with E-state index in [1.54, 1.807) is 25.1 Å². The predicted octanol–water partition coefficient (Wildman–Crippen LogP) is 2.06. The van der Waals surface area contributed by atoms with Gasteiger partial charge in [-0.3, -0.25) is 14.5 Å². The number of likely N-dealkylation sites (N-methyl/N-ethyl adjacent to an activating group) is 1. The Morgan fingerprint density at radius 2 is 2.14 bits per heavy atom. The second-order valence-corrected chi connectivity index (χ2v) is 10.4. The Morgan fingerprint density at radius 3 is 2.75 bits per heavy atom. The maximum Gasteiger partial charge on any atom is 0.266 e. The zero-order valence-corrected chi connectivity index (χ0v) is 17.6. The largest absolute Gasteiger partial charge is 0.337 e. The molecule has 0 aliphatic carbocycles. The van der Waals surface area contributed by atoms with E-state index in [1.165, 1.54) is 21.9 Å². The Labute approximate surface area is 172 Å². The lowest BCUT2D eigenvalue weighted by molar-refractivity contribution is -0.136. The molecular formula is C18H19FN2O4S3. The van der Waals surface area contributed by atoms with Gasteiger partial charge in [-0.25, -0.2) is 12.8 Å². The molecule has 0 saturated carbocycles. The van der Waals surface area contributed by atoms with Gasteiger partial charge in [0.15, 0.2) is 9.84 Å². The van der Waals surface area contributed by atoms with E-state index in [1.807, 2.05) is 0 Å². The van der Waals surface area contributed by atoms with Gasteiger partial charge in [-0.15, -0.1) is 0 Å². The quantitative estimate of drug-likeness (QED) is 0.513. The van der Waals surface area contributed by atoms with E-state index in [4.69, 9.17) is 12.2 Å². The number of thiocarbonyl (C=S) groups is 1. The number of thioether (sulfide) groups is 1. The minimum Gasteiger partial charge on any atom is -0.337 e. The first-order valence-electron chi connectivity index (χ1n) is 8.71. The molecule has 0 spiro atoms. The second-order valence-electron chi connectivity index (χ2n) is 6.53. The van der Waals surface area contributed by atoms with Crippen molar-refractivity contribution >= 4 is 56.0 Å². The van der Waals surface area contributed by atoms with Gasteiger partial charge in [0.25, 0.3) is 5.91 Å². The van der Waals surface area contributed by atoms with Crippen molar-refractivity contribution in [1.82, 2.24) is 9.80 Å². The summed E-state index contributed by atoms with van der Waals surface area (Å²) in [6, 6.07) is 5.68. The lowest BCUT2D eigenvalue weighted by atomic mass is 10.2. The van der Waals surface area contributed by atoms with Crippen LogP contribution >= 0.6 is 24.0 Å². The molecule has 1 atom stereocenters. The molecule has 1 aromatic rings. The highest BCUT2D eigenvalue weighted by atomic mass is 32.2. The minimum atomic E-state index is -3.13. The fourth-order valence-corrected chi connectivity index (χ4v) is 6.23. The third kappa shape index (κ3) is 4.44. The van der Waals surface area contributed by atoms with Crippen molar-refractivity contribution < 1.29 is 22.4 Å². The van der Waals surface area contributed by atoms with Crippen LogP contribution in [0.4, 0.5) is 4.39 Å². The number of carbonyl (C=O) groups is 2. The first-order valence-corrected chi connectivity index (χ1v) is 11.8. The van der Waals surface area contributed by atoms with Crippen molar-refractivity contribution in [3.63, 3.8) is 0 Å². The number of hydrogen-bond acceptors (Lipinski definition) is 6. The molecule has 2 saturated heterocycles. The average molecular weight is 443 g/mol. The van der Waals surface area contributed by atoms with E-state index in [2.05, 4.69) is 0 Å². The average Bonchev–Trinajstić information content (AvgIpc) is 3.11. The molecule has 2 aliphatic heterocycles. The highest BCUT2D eigenvalue weighted by Crippen LogP contribution is 2.33. The molecule has 2 aliphatic rings. The lowest BCUT2D eigenvalue weighted by Crippen LogP contribution is -2.47. The zero-order valence-electron chi connectivity index (χ0n) is 15.1. The molecule has 2 fully saturated rings. The van der Waals surface area contributed by atoms with Crippen molar-refractivity contribution in [2.24, 2.45) is 0 Å². The summed E-state index contributed by atoms with van der Waals surface area (Å²) in [5, 5.41) is 0. The molecule has 3 rings (SSSR count). The normalized spacial score (nSPS) is 22.9. The van der Waals surface area contributed by atoms with Crippen molar-refractivity contribution in [3.8, 4) is 0 Å². The fourth-order valence-electron chi connectivity index (χ4n) is 3.26. The number of halogens is 1. The molecule has 0 aromatic heterocycles. The summed E-state index contributed by atoms with van der Waals surface area (Å²) >= 11 is 6.24. The summed E-state index contributed by atoms with van der Waals surface area (Å²) in [4.78, 5) is 28.3. The molecule has 2 amide bonds. The van der Waals surface area contributed by atoms with Crippen LogP contribution < -0.4 is 0 Å². The molecule has 6 nitrogen and oxygen atoms in total. The number of rotatable bonds is 5. The third-order valence-corrected chi connectivity index (χ3v) is 7.80. The zero-order chi connectivity index (χ0) is 20.5. The van der Waals surface area contributed by atoms with Crippen LogP contribution in [0, 0.1) is 5.82 Å². The molecule has 150 valence electrons. The van der Waals surface area contributed by atoms with E-state index >= 15 is 0 Å². The Balaban J connectivity index is 1.73. The molecule has 2 heterocycles. The molecular weight excluding hydrogens is 423 g/mol. The van der Waals surface area contributed by atoms with Gasteiger partial charge in [-0.2, -0.15) is 0 Å². The summed E-state index contributed by atoms with van der Waals surface area (Å²) in [5.74, 6) is -1.26. The molecule has 0 N–H and O–H groups in total. The third-order valence-electron chi connectivity index (χ3n) is 4.67. The topological polar surface area (TPSA) is 74.8 Å². The van der Waals surface area contributed by atoms with E-state index in [-0.39, 0.29) is 44.8 Å². The predicted molar refractivity (Wildman–Crippen MR) is 111 cm³/mol. The summed E-state index contributed by atoms with van der Waals surface area (Å²) in [6.07, 6.45) is 1.81. The smallest absolute Gasteiger partial charge is 0.266 e. The van der Waals surface area contributed by atoms with Crippen LogP contribution in [-0.4, -0.2) is 65.0 Å². The monoisotopic (exact) mass is 442 g/mol. The van der Waals surface area contributed by atoms with E-state index in [0.717, 1.165) is 11.8 Å². The van der Waals surface area contributed by atoms with Gasteiger partial charge in [0.1, 0.15) is 16.7 Å². The number of benzene rings is 1. The van der Waals surface area contributed by atoms with E-state index < -0.39 is 21.6 Å². The van der Waals surface area contributed by atoms with Crippen LogP contribution in [0.25, 0.3) is 6.08 Å². The van der Waals surface area contributed by atoms with Gasteiger partial charge < -0.3 is 4.90 Å². The highest BCUT2D eigenvalue weighted by Gasteiger charge is 2.38. The van der Waals surface area contributed by atoms with Crippen LogP contribution in [0.5, 0.6) is 0 Å². The summed E-state index contributed by atoms with van der Waals surface area (Å²) < 4.78 is 37.5. The minimum absolute atomic E-state index is 0.0574. The molecule has 0 radical (unpaired) electrons. The van der Waals surface area contributed by atoms with Gasteiger partial charge in [0.2, 0.25) is 5.91 Å². The van der Waals surface area contributed by atoms with Crippen LogP contribution in [0.3, 0.4) is 0 Å². The Morgan fingerprint density at radius 1 is 1.43 bits per heavy atom. The first-order chi connectivity index (χ1) is 13.2. The van der Waals surface area contributed by atoms with Gasteiger partial charge in [0.05, 0.1) is 16.4 Å². The van der Waals surface area contributed by atoms with Crippen LogP contribution in [0.2, 0.25) is 0 Å². The van der Waals surface area contributed by atoms with Crippen molar-refractivity contribution in [2.75, 3.05) is 24.6 Å². The molecule has 28 heavy (non-hydrogen) atoms. The van der Waals surface area contributed by atoms with E-state index in [9.17, 15) is 22.4 Å². The molecule has 0 unspecified atom stereocenters. The number of carbonyl (C=O) groups excluding carboxylic acids is 2.